The van der Waals surface area contributed by atoms with E-state index < -0.39 is 9.84 Å². The van der Waals surface area contributed by atoms with Crippen molar-refractivity contribution in [1.29, 1.82) is 0 Å². The van der Waals surface area contributed by atoms with Gasteiger partial charge in [0.2, 0.25) is 0 Å². The molecule has 1 unspecified atom stereocenters. The lowest BCUT2D eigenvalue weighted by Crippen LogP contribution is -2.64. The molecule has 2 rings (SSSR count). The molecule has 0 bridgehead atoms. The van der Waals surface area contributed by atoms with Crippen LogP contribution in [0.1, 0.15) is 52.9 Å². The summed E-state index contributed by atoms with van der Waals surface area (Å²) in [6.45, 7) is 9.16. The fourth-order valence-electron chi connectivity index (χ4n) is 3.97. The van der Waals surface area contributed by atoms with E-state index >= 15 is 0 Å². The van der Waals surface area contributed by atoms with E-state index in [9.17, 15) is 8.42 Å². The third kappa shape index (κ3) is 4.42. The summed E-state index contributed by atoms with van der Waals surface area (Å²) in [4.78, 5) is 2.46. The maximum atomic E-state index is 12.0. The monoisotopic (exact) mass is 316 g/mol. The Morgan fingerprint density at radius 1 is 1.24 bits per heavy atom. The highest BCUT2D eigenvalue weighted by Gasteiger charge is 2.41. The highest BCUT2D eigenvalue weighted by atomic mass is 32.2. The second kappa shape index (κ2) is 6.97. The van der Waals surface area contributed by atoms with Gasteiger partial charge < -0.3 is 5.32 Å². The van der Waals surface area contributed by atoms with Crippen LogP contribution in [0.4, 0.5) is 0 Å². The van der Waals surface area contributed by atoms with Gasteiger partial charge in [0.1, 0.15) is 0 Å². The molecule has 5 heteroatoms. The van der Waals surface area contributed by atoms with Crippen LogP contribution in [0, 0.1) is 5.92 Å². The minimum Gasteiger partial charge on any atom is -0.308 e. The van der Waals surface area contributed by atoms with Gasteiger partial charge in [-0.1, -0.05) is 33.6 Å². The zero-order chi connectivity index (χ0) is 15.5. The Kier molecular flexibility index (Phi) is 5.71. The van der Waals surface area contributed by atoms with E-state index in [0.717, 1.165) is 19.5 Å². The molecule has 0 radical (unpaired) electrons. The van der Waals surface area contributed by atoms with Crippen molar-refractivity contribution in [3.63, 3.8) is 0 Å². The minimum atomic E-state index is -2.88. The Labute approximate surface area is 130 Å². The van der Waals surface area contributed by atoms with Crippen molar-refractivity contribution in [1.82, 2.24) is 10.2 Å². The van der Waals surface area contributed by atoms with E-state index in [1.807, 2.05) is 6.92 Å². The molecule has 4 nitrogen and oxygen atoms in total. The molecule has 1 N–H and O–H groups in total. The molecule has 21 heavy (non-hydrogen) atoms. The highest BCUT2D eigenvalue weighted by Crippen LogP contribution is 2.34. The van der Waals surface area contributed by atoms with Crippen LogP contribution in [0.15, 0.2) is 0 Å². The molecule has 0 aromatic heterocycles. The van der Waals surface area contributed by atoms with E-state index in [4.69, 9.17) is 0 Å². The first-order valence-electron chi connectivity index (χ1n) is 8.57. The predicted molar refractivity (Wildman–Crippen MR) is 88.3 cm³/mol. The normalized spacial score (nSPS) is 26.8. The summed E-state index contributed by atoms with van der Waals surface area (Å²) >= 11 is 0. The zero-order valence-corrected chi connectivity index (χ0v) is 14.7. The Bertz CT molecular complexity index is 428. The first-order chi connectivity index (χ1) is 9.87. The maximum absolute atomic E-state index is 12.0. The summed E-state index contributed by atoms with van der Waals surface area (Å²) in [7, 11) is -2.88. The molecule has 2 aliphatic rings. The average Bonchev–Trinajstić information content (AvgIpc) is 2.84. The lowest BCUT2D eigenvalue weighted by Gasteiger charge is -2.48. The molecule has 1 heterocycles. The van der Waals surface area contributed by atoms with Crippen molar-refractivity contribution in [2.75, 3.05) is 31.1 Å². The van der Waals surface area contributed by atoms with E-state index in [1.54, 1.807) is 0 Å². The van der Waals surface area contributed by atoms with Crippen molar-refractivity contribution in [3.05, 3.63) is 0 Å². The molecular formula is C16H32N2O2S. The van der Waals surface area contributed by atoms with Crippen molar-refractivity contribution < 1.29 is 8.42 Å². The third-order valence-electron chi connectivity index (χ3n) is 5.20. The van der Waals surface area contributed by atoms with Crippen LogP contribution >= 0.6 is 0 Å². The maximum Gasteiger partial charge on any atom is 0.151 e. The molecule has 0 aromatic carbocycles. The average molecular weight is 317 g/mol. The Hall–Kier alpha value is -0.130. The molecule has 1 saturated carbocycles. The standard InChI is InChI=1S/C16H32N2O2S/c1-4-10-21(19,20)11-9-18-13-16(7-5-6-8-16)17-12-15(18)14(2)3/h14-15,17H,4-13H2,1-3H3. The van der Waals surface area contributed by atoms with E-state index in [2.05, 4.69) is 24.1 Å². The SMILES string of the molecule is CCCS(=O)(=O)CCN1CC2(CCCC2)NCC1C(C)C. The molecule has 1 aliphatic carbocycles. The number of hydrogen-bond donors (Lipinski definition) is 1. The second-order valence-corrected chi connectivity index (χ2v) is 9.61. The number of rotatable bonds is 6. The fourth-order valence-corrected chi connectivity index (χ4v) is 5.31. The second-order valence-electron chi connectivity index (χ2n) is 7.30. The van der Waals surface area contributed by atoms with Crippen LogP contribution in [0.3, 0.4) is 0 Å². The fraction of sp³-hybridized carbons (Fsp3) is 1.00. The highest BCUT2D eigenvalue weighted by molar-refractivity contribution is 7.91. The summed E-state index contributed by atoms with van der Waals surface area (Å²) in [6.07, 6.45) is 5.83. The van der Waals surface area contributed by atoms with Gasteiger partial charge in [0, 0.05) is 37.0 Å². The van der Waals surface area contributed by atoms with Gasteiger partial charge in [-0.15, -0.1) is 0 Å². The van der Waals surface area contributed by atoms with Crippen LogP contribution in [-0.2, 0) is 9.84 Å². The number of sulfone groups is 1. The smallest absolute Gasteiger partial charge is 0.151 e. The molecule has 2 fully saturated rings. The van der Waals surface area contributed by atoms with Crippen LogP contribution in [0.25, 0.3) is 0 Å². The van der Waals surface area contributed by atoms with Gasteiger partial charge in [0.15, 0.2) is 9.84 Å². The molecule has 1 atom stereocenters. The van der Waals surface area contributed by atoms with Gasteiger partial charge in [-0.3, -0.25) is 4.90 Å². The number of piperazine rings is 1. The van der Waals surface area contributed by atoms with Crippen LogP contribution in [-0.4, -0.2) is 56.0 Å². The molecule has 0 aromatic rings. The van der Waals surface area contributed by atoms with Gasteiger partial charge in [0.05, 0.1) is 5.75 Å². The molecular weight excluding hydrogens is 284 g/mol. The van der Waals surface area contributed by atoms with Crippen molar-refractivity contribution in [3.8, 4) is 0 Å². The molecule has 0 amide bonds. The summed E-state index contributed by atoms with van der Waals surface area (Å²) < 4.78 is 24.0. The van der Waals surface area contributed by atoms with Crippen LogP contribution < -0.4 is 5.32 Å². The molecule has 1 aliphatic heterocycles. The van der Waals surface area contributed by atoms with Crippen molar-refractivity contribution in [2.45, 2.75) is 64.5 Å². The Morgan fingerprint density at radius 2 is 1.90 bits per heavy atom. The van der Waals surface area contributed by atoms with Crippen molar-refractivity contribution in [2.24, 2.45) is 5.92 Å². The first kappa shape index (κ1) is 17.2. The quantitative estimate of drug-likeness (QED) is 0.815. The van der Waals surface area contributed by atoms with Gasteiger partial charge in [-0.25, -0.2) is 8.42 Å². The number of nitrogens with one attached hydrogen (secondary N) is 1. The number of hydrogen-bond acceptors (Lipinski definition) is 4. The van der Waals surface area contributed by atoms with E-state index in [1.165, 1.54) is 25.7 Å². The lowest BCUT2D eigenvalue weighted by molar-refractivity contribution is 0.0624. The molecule has 1 saturated heterocycles. The van der Waals surface area contributed by atoms with E-state index in [0.29, 0.717) is 30.0 Å². The largest absolute Gasteiger partial charge is 0.308 e. The molecule has 1 spiro atoms. The summed E-state index contributed by atoms with van der Waals surface area (Å²) in [5.74, 6) is 1.21. The summed E-state index contributed by atoms with van der Waals surface area (Å²) in [6, 6.07) is 0.466. The minimum absolute atomic E-state index is 0.264. The van der Waals surface area contributed by atoms with E-state index in [-0.39, 0.29) is 5.54 Å². The van der Waals surface area contributed by atoms with Gasteiger partial charge >= 0.3 is 0 Å². The summed E-state index contributed by atoms with van der Waals surface area (Å²) in [5.41, 5.74) is 0.264. The van der Waals surface area contributed by atoms with Gasteiger partial charge in [0.25, 0.3) is 0 Å². The van der Waals surface area contributed by atoms with Crippen molar-refractivity contribution >= 4 is 9.84 Å². The number of nitrogens with zero attached hydrogens (tertiary/aromatic N) is 1. The topological polar surface area (TPSA) is 49.4 Å². The van der Waals surface area contributed by atoms with Crippen LogP contribution in [0.2, 0.25) is 0 Å². The lowest BCUT2D eigenvalue weighted by atomic mass is 9.89. The third-order valence-corrected chi connectivity index (χ3v) is 7.03. The van der Waals surface area contributed by atoms with Crippen LogP contribution in [0.5, 0.6) is 0 Å². The molecule has 124 valence electrons. The van der Waals surface area contributed by atoms with Gasteiger partial charge in [-0.2, -0.15) is 0 Å². The first-order valence-corrected chi connectivity index (χ1v) is 10.4. The zero-order valence-electron chi connectivity index (χ0n) is 13.9. The Morgan fingerprint density at radius 3 is 2.48 bits per heavy atom. The van der Waals surface area contributed by atoms with Gasteiger partial charge in [-0.05, 0) is 25.2 Å². The summed E-state index contributed by atoms with van der Waals surface area (Å²) in [5, 5.41) is 3.79. The Balaban J connectivity index is 2.00. The predicted octanol–water partition coefficient (Wildman–Crippen LogP) is 2.05.